The van der Waals surface area contributed by atoms with E-state index in [0.29, 0.717) is 5.56 Å². The number of carboxylic acids is 1. The first kappa shape index (κ1) is 11.4. The van der Waals surface area contributed by atoms with Gasteiger partial charge in [0, 0.05) is 5.56 Å². The van der Waals surface area contributed by atoms with Crippen LogP contribution in [-0.2, 0) is 4.79 Å². The van der Waals surface area contributed by atoms with E-state index in [-0.39, 0.29) is 5.78 Å². The zero-order valence-corrected chi connectivity index (χ0v) is 9.13. The van der Waals surface area contributed by atoms with Crippen LogP contribution in [0.2, 0.25) is 0 Å². The molecule has 3 nitrogen and oxygen atoms in total. The maximum absolute atomic E-state index is 11.6. The second kappa shape index (κ2) is 4.26. The molecule has 1 aromatic carbocycles. The molecule has 1 rings (SSSR count). The lowest BCUT2D eigenvalue weighted by Crippen LogP contribution is -2.09. The molecule has 0 atom stereocenters. The van der Waals surface area contributed by atoms with Crippen LogP contribution in [0.25, 0.3) is 0 Å². The highest BCUT2D eigenvalue weighted by atomic mass is 16.4. The summed E-state index contributed by atoms with van der Waals surface area (Å²) in [7, 11) is 0. The molecule has 0 amide bonds. The Balaban J connectivity index is 3.09. The van der Waals surface area contributed by atoms with Gasteiger partial charge in [0.25, 0.3) is 0 Å². The molecule has 0 radical (unpaired) electrons. The molecule has 0 aliphatic carbocycles. The van der Waals surface area contributed by atoms with Crippen LogP contribution in [0.3, 0.4) is 0 Å². The lowest BCUT2D eigenvalue weighted by Gasteiger charge is -2.07. The Morgan fingerprint density at radius 3 is 2.13 bits per heavy atom. The fraction of sp³-hybridized carbons (Fsp3) is 0.333. The SMILES string of the molecule is Cc1cc(C)c(C(=O)CC(=O)O)cc1C. The number of aryl methyl sites for hydroxylation is 3. The van der Waals surface area contributed by atoms with E-state index in [2.05, 4.69) is 0 Å². The molecule has 80 valence electrons. The van der Waals surface area contributed by atoms with E-state index in [0.717, 1.165) is 16.7 Å². The summed E-state index contributed by atoms with van der Waals surface area (Å²) in [5.74, 6) is -1.42. The van der Waals surface area contributed by atoms with Crippen molar-refractivity contribution in [1.29, 1.82) is 0 Å². The van der Waals surface area contributed by atoms with Gasteiger partial charge in [-0.05, 0) is 43.5 Å². The first-order chi connectivity index (χ1) is 6.91. The Kier molecular flexibility index (Phi) is 3.24. The van der Waals surface area contributed by atoms with E-state index < -0.39 is 12.4 Å². The molecule has 15 heavy (non-hydrogen) atoms. The fourth-order valence-electron chi connectivity index (χ4n) is 1.49. The third kappa shape index (κ3) is 2.65. The molecule has 0 saturated carbocycles. The topological polar surface area (TPSA) is 54.4 Å². The first-order valence-electron chi connectivity index (χ1n) is 4.74. The summed E-state index contributed by atoms with van der Waals surface area (Å²) in [6.45, 7) is 5.70. The number of carbonyl (C=O) groups is 2. The zero-order valence-electron chi connectivity index (χ0n) is 9.13. The predicted octanol–water partition coefficient (Wildman–Crippen LogP) is 2.27. The third-order valence-corrected chi connectivity index (χ3v) is 2.45. The van der Waals surface area contributed by atoms with Crippen molar-refractivity contribution in [2.24, 2.45) is 0 Å². The number of hydrogen-bond donors (Lipinski definition) is 1. The molecule has 0 spiro atoms. The van der Waals surface area contributed by atoms with Gasteiger partial charge in [-0.3, -0.25) is 9.59 Å². The van der Waals surface area contributed by atoms with Crippen LogP contribution >= 0.6 is 0 Å². The number of benzene rings is 1. The number of rotatable bonds is 3. The molecular formula is C12H14O3. The second-order valence-corrected chi connectivity index (χ2v) is 3.75. The van der Waals surface area contributed by atoms with Crippen LogP contribution in [-0.4, -0.2) is 16.9 Å². The van der Waals surface area contributed by atoms with E-state index >= 15 is 0 Å². The summed E-state index contributed by atoms with van der Waals surface area (Å²) in [6, 6.07) is 3.67. The molecule has 1 aromatic rings. The average molecular weight is 206 g/mol. The second-order valence-electron chi connectivity index (χ2n) is 3.75. The smallest absolute Gasteiger partial charge is 0.311 e. The molecule has 0 unspecified atom stereocenters. The molecule has 3 heteroatoms. The summed E-state index contributed by atoms with van der Waals surface area (Å²) < 4.78 is 0. The van der Waals surface area contributed by atoms with Crippen molar-refractivity contribution in [2.45, 2.75) is 27.2 Å². The largest absolute Gasteiger partial charge is 0.481 e. The summed E-state index contributed by atoms with van der Waals surface area (Å²) in [5, 5.41) is 8.54. The molecule has 0 bridgehead atoms. The highest BCUT2D eigenvalue weighted by Crippen LogP contribution is 2.16. The van der Waals surface area contributed by atoms with Crippen LogP contribution in [0.5, 0.6) is 0 Å². The maximum Gasteiger partial charge on any atom is 0.311 e. The zero-order chi connectivity index (χ0) is 11.6. The summed E-state index contributed by atoms with van der Waals surface area (Å²) in [4.78, 5) is 22.0. The minimum absolute atomic E-state index is 0.330. The van der Waals surface area contributed by atoms with Crippen molar-refractivity contribution in [3.05, 3.63) is 34.4 Å². The quantitative estimate of drug-likeness (QED) is 0.609. The Hall–Kier alpha value is -1.64. The Morgan fingerprint density at radius 2 is 1.60 bits per heavy atom. The van der Waals surface area contributed by atoms with Gasteiger partial charge < -0.3 is 5.11 Å². The van der Waals surface area contributed by atoms with Gasteiger partial charge in [0.05, 0.1) is 0 Å². The summed E-state index contributed by atoms with van der Waals surface area (Å²) >= 11 is 0. The lowest BCUT2D eigenvalue weighted by atomic mass is 9.97. The molecule has 0 aromatic heterocycles. The highest BCUT2D eigenvalue weighted by Gasteiger charge is 2.13. The standard InChI is InChI=1S/C12H14O3/c1-7-4-9(3)10(5-8(7)2)11(13)6-12(14)15/h4-5H,6H2,1-3H3,(H,14,15). The van der Waals surface area contributed by atoms with Crippen molar-refractivity contribution in [3.8, 4) is 0 Å². The molecule has 0 heterocycles. The van der Waals surface area contributed by atoms with Gasteiger partial charge >= 0.3 is 5.97 Å². The van der Waals surface area contributed by atoms with E-state index in [1.54, 1.807) is 6.07 Å². The molecule has 0 aliphatic heterocycles. The summed E-state index contributed by atoms with van der Waals surface area (Å²) in [5.41, 5.74) is 3.47. The third-order valence-electron chi connectivity index (χ3n) is 2.45. The Labute approximate surface area is 88.7 Å². The average Bonchev–Trinajstić information content (AvgIpc) is 2.09. The normalized spacial score (nSPS) is 10.1. The van der Waals surface area contributed by atoms with Gasteiger partial charge in [0.15, 0.2) is 5.78 Å². The lowest BCUT2D eigenvalue weighted by molar-refractivity contribution is -0.135. The first-order valence-corrected chi connectivity index (χ1v) is 4.74. The molecule has 0 saturated heterocycles. The Bertz CT molecular complexity index is 419. The van der Waals surface area contributed by atoms with E-state index in [9.17, 15) is 9.59 Å². The van der Waals surface area contributed by atoms with E-state index in [4.69, 9.17) is 5.11 Å². The fourth-order valence-corrected chi connectivity index (χ4v) is 1.49. The van der Waals surface area contributed by atoms with Gasteiger partial charge in [-0.25, -0.2) is 0 Å². The van der Waals surface area contributed by atoms with E-state index in [1.807, 2.05) is 26.8 Å². The molecular weight excluding hydrogens is 192 g/mol. The van der Waals surface area contributed by atoms with Crippen molar-refractivity contribution in [1.82, 2.24) is 0 Å². The minimum atomic E-state index is -1.09. The number of aliphatic carboxylic acids is 1. The molecule has 0 fully saturated rings. The van der Waals surface area contributed by atoms with E-state index in [1.165, 1.54) is 0 Å². The van der Waals surface area contributed by atoms with Crippen LogP contribution < -0.4 is 0 Å². The number of hydrogen-bond acceptors (Lipinski definition) is 2. The van der Waals surface area contributed by atoms with Gasteiger partial charge in [-0.15, -0.1) is 0 Å². The van der Waals surface area contributed by atoms with Crippen molar-refractivity contribution in [3.63, 3.8) is 0 Å². The van der Waals surface area contributed by atoms with Gasteiger partial charge in [0.2, 0.25) is 0 Å². The van der Waals surface area contributed by atoms with Crippen molar-refractivity contribution < 1.29 is 14.7 Å². The highest BCUT2D eigenvalue weighted by molar-refractivity contribution is 6.06. The van der Waals surface area contributed by atoms with Gasteiger partial charge in [-0.1, -0.05) is 6.07 Å². The predicted molar refractivity (Wildman–Crippen MR) is 57.2 cm³/mol. The maximum atomic E-state index is 11.6. The Morgan fingerprint density at radius 1 is 1.07 bits per heavy atom. The van der Waals surface area contributed by atoms with Crippen LogP contribution in [0.1, 0.15) is 33.5 Å². The van der Waals surface area contributed by atoms with Crippen LogP contribution in [0.15, 0.2) is 12.1 Å². The van der Waals surface area contributed by atoms with Crippen molar-refractivity contribution in [2.75, 3.05) is 0 Å². The molecule has 0 aliphatic rings. The van der Waals surface area contributed by atoms with Crippen LogP contribution in [0, 0.1) is 20.8 Å². The number of ketones is 1. The van der Waals surface area contributed by atoms with Gasteiger partial charge in [-0.2, -0.15) is 0 Å². The van der Waals surface area contributed by atoms with Gasteiger partial charge in [0.1, 0.15) is 6.42 Å². The van der Waals surface area contributed by atoms with Crippen molar-refractivity contribution >= 4 is 11.8 Å². The number of carbonyl (C=O) groups excluding carboxylic acids is 1. The van der Waals surface area contributed by atoms with Crippen LogP contribution in [0.4, 0.5) is 0 Å². The monoisotopic (exact) mass is 206 g/mol. The minimum Gasteiger partial charge on any atom is -0.481 e. The molecule has 1 N–H and O–H groups in total. The summed E-state index contributed by atoms with van der Waals surface area (Å²) in [6.07, 6.45) is -0.441. The number of Topliss-reactive ketones (excluding diaryl/α,β-unsaturated/α-hetero) is 1. The number of carboxylic acid groups (broad SMARTS) is 1.